The van der Waals surface area contributed by atoms with Crippen LogP contribution in [0.15, 0.2) is 41.3 Å². The first-order valence-electron chi connectivity index (χ1n) is 8.78. The maximum Gasteiger partial charge on any atom is 0.338 e. The predicted molar refractivity (Wildman–Crippen MR) is 107 cm³/mol. The molecule has 0 aromatic heterocycles. The molecular weight excluding hydrogens is 396 g/mol. The first-order valence-corrected chi connectivity index (χ1v) is 10.3. The molecule has 3 N–H and O–H groups in total. The highest BCUT2D eigenvalue weighted by Crippen LogP contribution is 2.24. The number of sulfonamides is 1. The highest BCUT2D eigenvalue weighted by molar-refractivity contribution is 7.89. The van der Waals surface area contributed by atoms with E-state index >= 15 is 0 Å². The highest BCUT2D eigenvalue weighted by atomic mass is 32.2. The molecule has 156 valence electrons. The van der Waals surface area contributed by atoms with Gasteiger partial charge < -0.3 is 14.8 Å². The monoisotopic (exact) mass is 420 g/mol. The summed E-state index contributed by atoms with van der Waals surface area (Å²) in [6.07, 6.45) is 0. The minimum Gasteiger partial charge on any atom is -0.496 e. The molecule has 8 nitrogen and oxygen atoms in total. The van der Waals surface area contributed by atoms with Crippen LogP contribution < -0.4 is 15.2 Å². The third-order valence-electron chi connectivity index (χ3n) is 4.48. The summed E-state index contributed by atoms with van der Waals surface area (Å²) in [6, 6.07) is 9.51. The molecule has 0 saturated heterocycles. The van der Waals surface area contributed by atoms with Gasteiger partial charge in [0, 0.05) is 5.56 Å². The number of benzene rings is 2. The van der Waals surface area contributed by atoms with Crippen LogP contribution in [0.4, 0.5) is 0 Å². The molecule has 0 aliphatic carbocycles. The van der Waals surface area contributed by atoms with Gasteiger partial charge in [-0.3, -0.25) is 4.79 Å². The number of methoxy groups -OCH3 is 1. The van der Waals surface area contributed by atoms with E-state index < -0.39 is 28.5 Å². The van der Waals surface area contributed by atoms with Gasteiger partial charge in [-0.1, -0.05) is 18.2 Å². The fraction of sp³-hybridized carbons (Fsp3) is 0.300. The molecule has 0 saturated carbocycles. The molecule has 2 aromatic carbocycles. The Morgan fingerprint density at radius 2 is 1.83 bits per heavy atom. The van der Waals surface area contributed by atoms with E-state index in [0.717, 1.165) is 11.6 Å². The van der Waals surface area contributed by atoms with Crippen molar-refractivity contribution in [3.05, 3.63) is 58.7 Å². The van der Waals surface area contributed by atoms with E-state index in [2.05, 4.69) is 5.32 Å². The third kappa shape index (κ3) is 5.55. The van der Waals surface area contributed by atoms with Gasteiger partial charge in [0.15, 0.2) is 6.61 Å². The molecule has 0 aliphatic heterocycles. The zero-order chi connectivity index (χ0) is 21.8. The topological polar surface area (TPSA) is 125 Å². The molecule has 2 aromatic rings. The van der Waals surface area contributed by atoms with Crippen molar-refractivity contribution in [2.75, 3.05) is 13.7 Å². The van der Waals surface area contributed by atoms with Crippen molar-refractivity contribution in [2.45, 2.75) is 31.7 Å². The van der Waals surface area contributed by atoms with Crippen LogP contribution in [0.1, 0.15) is 40.0 Å². The Hall–Kier alpha value is -2.91. The number of aryl methyl sites for hydroxylation is 1. The number of nitrogens with two attached hydrogens (primary N) is 1. The van der Waals surface area contributed by atoms with Crippen LogP contribution in [0.25, 0.3) is 0 Å². The maximum absolute atomic E-state index is 12.3. The molecule has 1 unspecified atom stereocenters. The van der Waals surface area contributed by atoms with Gasteiger partial charge in [-0.25, -0.2) is 18.4 Å². The van der Waals surface area contributed by atoms with Crippen LogP contribution in [-0.2, 0) is 19.6 Å². The van der Waals surface area contributed by atoms with E-state index in [0.29, 0.717) is 16.9 Å². The van der Waals surface area contributed by atoms with Crippen LogP contribution >= 0.6 is 0 Å². The lowest BCUT2D eigenvalue weighted by atomic mass is 10.1. The molecule has 0 bridgehead atoms. The molecule has 0 heterocycles. The quantitative estimate of drug-likeness (QED) is 0.660. The van der Waals surface area contributed by atoms with Crippen molar-refractivity contribution < 1.29 is 27.5 Å². The van der Waals surface area contributed by atoms with Gasteiger partial charge in [0.2, 0.25) is 10.0 Å². The zero-order valence-corrected chi connectivity index (χ0v) is 17.5. The predicted octanol–water partition coefficient (Wildman–Crippen LogP) is 1.99. The second-order valence-electron chi connectivity index (χ2n) is 6.57. The third-order valence-corrected chi connectivity index (χ3v) is 5.52. The first-order chi connectivity index (χ1) is 13.5. The van der Waals surface area contributed by atoms with Gasteiger partial charge in [0.1, 0.15) is 5.75 Å². The number of nitrogens with one attached hydrogen (secondary N) is 1. The SMILES string of the molecule is COc1ccccc1C(C)NC(=O)COC(=O)c1cc(C)c(C)c(S(N)(=O)=O)c1. The average Bonchev–Trinajstić information content (AvgIpc) is 2.66. The largest absolute Gasteiger partial charge is 0.496 e. The Balaban J connectivity index is 2.05. The number of rotatable bonds is 7. The second kappa shape index (κ2) is 9.06. The normalized spacial score (nSPS) is 12.2. The van der Waals surface area contributed by atoms with Crippen LogP contribution in [0.3, 0.4) is 0 Å². The van der Waals surface area contributed by atoms with Gasteiger partial charge in [-0.05, 0) is 50.1 Å². The Morgan fingerprint density at radius 3 is 2.45 bits per heavy atom. The van der Waals surface area contributed by atoms with Gasteiger partial charge in [0.25, 0.3) is 5.91 Å². The molecule has 0 spiro atoms. The fourth-order valence-electron chi connectivity index (χ4n) is 2.84. The number of amides is 1. The maximum atomic E-state index is 12.3. The molecule has 2 rings (SSSR count). The Kier molecular flexibility index (Phi) is 6.99. The summed E-state index contributed by atoms with van der Waals surface area (Å²) >= 11 is 0. The number of hydrogen-bond acceptors (Lipinski definition) is 6. The molecule has 1 atom stereocenters. The summed E-state index contributed by atoms with van der Waals surface area (Å²) in [5.74, 6) is -0.701. The molecule has 0 radical (unpaired) electrons. The lowest BCUT2D eigenvalue weighted by Gasteiger charge is -2.17. The minimum atomic E-state index is -4.00. The van der Waals surface area contributed by atoms with Gasteiger partial charge in [-0.15, -0.1) is 0 Å². The Morgan fingerprint density at radius 1 is 1.17 bits per heavy atom. The van der Waals surface area contributed by atoms with E-state index in [4.69, 9.17) is 14.6 Å². The van der Waals surface area contributed by atoms with Crippen molar-refractivity contribution in [3.63, 3.8) is 0 Å². The van der Waals surface area contributed by atoms with E-state index in [1.54, 1.807) is 26.8 Å². The van der Waals surface area contributed by atoms with Crippen LogP contribution in [0, 0.1) is 13.8 Å². The van der Waals surface area contributed by atoms with Crippen LogP contribution in [0.5, 0.6) is 5.75 Å². The second-order valence-corrected chi connectivity index (χ2v) is 8.10. The number of carbonyl (C=O) groups is 2. The molecule has 29 heavy (non-hydrogen) atoms. The van der Waals surface area contributed by atoms with E-state index in [9.17, 15) is 18.0 Å². The van der Waals surface area contributed by atoms with Crippen molar-refractivity contribution in [1.82, 2.24) is 5.32 Å². The Bertz CT molecular complexity index is 1030. The van der Waals surface area contributed by atoms with Gasteiger partial charge in [-0.2, -0.15) is 0 Å². The fourth-order valence-corrected chi connectivity index (χ4v) is 3.72. The number of esters is 1. The summed E-state index contributed by atoms with van der Waals surface area (Å²) in [6.45, 7) is 4.51. The van der Waals surface area contributed by atoms with E-state index in [-0.39, 0.29) is 16.5 Å². The lowest BCUT2D eigenvalue weighted by molar-refractivity contribution is -0.124. The van der Waals surface area contributed by atoms with Crippen molar-refractivity contribution >= 4 is 21.9 Å². The van der Waals surface area contributed by atoms with Crippen LogP contribution in [0.2, 0.25) is 0 Å². The molecule has 0 fully saturated rings. The highest BCUT2D eigenvalue weighted by Gasteiger charge is 2.20. The van der Waals surface area contributed by atoms with Crippen molar-refractivity contribution in [1.29, 1.82) is 0 Å². The number of ether oxygens (including phenoxy) is 2. The van der Waals surface area contributed by atoms with E-state index in [1.165, 1.54) is 13.2 Å². The average molecular weight is 420 g/mol. The molecule has 1 amide bonds. The summed E-state index contributed by atoms with van der Waals surface area (Å²) in [5, 5.41) is 7.92. The number of primary sulfonamides is 1. The number of hydrogen-bond donors (Lipinski definition) is 2. The first kappa shape index (κ1) is 22.4. The van der Waals surface area contributed by atoms with Crippen molar-refractivity contribution in [2.24, 2.45) is 5.14 Å². The van der Waals surface area contributed by atoms with Gasteiger partial charge >= 0.3 is 5.97 Å². The lowest BCUT2D eigenvalue weighted by Crippen LogP contribution is -2.31. The smallest absolute Gasteiger partial charge is 0.338 e. The standard InChI is InChI=1S/C20H24N2O6S/c1-12-9-15(10-18(13(12)2)29(21,25)26)20(24)28-11-19(23)22-14(3)16-7-5-6-8-17(16)27-4/h5-10,14H,11H2,1-4H3,(H,22,23)(H2,21,25,26). The van der Waals surface area contributed by atoms with Gasteiger partial charge in [0.05, 0.1) is 23.6 Å². The van der Waals surface area contributed by atoms with Crippen LogP contribution in [-0.4, -0.2) is 34.0 Å². The van der Waals surface area contributed by atoms with Crippen molar-refractivity contribution in [3.8, 4) is 5.75 Å². The number of carbonyl (C=O) groups excluding carboxylic acids is 2. The molecular formula is C20H24N2O6S. The zero-order valence-electron chi connectivity index (χ0n) is 16.7. The summed E-state index contributed by atoms with van der Waals surface area (Å²) in [7, 11) is -2.46. The molecule has 0 aliphatic rings. The minimum absolute atomic E-state index is 0.00250. The Labute approximate surface area is 170 Å². The van der Waals surface area contributed by atoms with E-state index in [1.807, 2.05) is 18.2 Å². The summed E-state index contributed by atoms with van der Waals surface area (Å²) in [5.41, 5.74) is 1.80. The summed E-state index contributed by atoms with van der Waals surface area (Å²) < 4.78 is 33.7. The summed E-state index contributed by atoms with van der Waals surface area (Å²) in [4.78, 5) is 24.3. The molecule has 9 heteroatoms. The number of para-hydroxylation sites is 1.